The lowest BCUT2D eigenvalue weighted by Crippen LogP contribution is -2.20. The third-order valence-electron chi connectivity index (χ3n) is 2.16. The molecule has 90 valence electrons. The average molecular weight is 234 g/mol. The second-order valence-corrected chi connectivity index (χ2v) is 3.25. The Morgan fingerprint density at radius 3 is 2.82 bits per heavy atom. The van der Waals surface area contributed by atoms with Crippen LogP contribution in [0.5, 0.6) is 11.5 Å². The lowest BCUT2D eigenvalue weighted by atomic mass is 10.2. The monoisotopic (exact) mass is 234 g/mol. The normalized spacial score (nSPS) is 9.24. The molecule has 0 aliphatic heterocycles. The van der Waals surface area contributed by atoms with Gasteiger partial charge in [0.05, 0.1) is 31.8 Å². The van der Waals surface area contributed by atoms with Crippen molar-refractivity contribution in [3.8, 4) is 17.6 Å². The van der Waals surface area contributed by atoms with Crippen molar-refractivity contribution in [2.75, 3.05) is 20.8 Å². The molecule has 0 aromatic heterocycles. The molecule has 1 N–H and O–H groups in total. The summed E-state index contributed by atoms with van der Waals surface area (Å²) in [5.74, 6) is 0.925. The number of rotatable bonds is 5. The van der Waals surface area contributed by atoms with Crippen molar-refractivity contribution in [3.05, 3.63) is 23.8 Å². The van der Waals surface area contributed by atoms with E-state index in [0.29, 0.717) is 17.1 Å². The van der Waals surface area contributed by atoms with Gasteiger partial charge in [0.1, 0.15) is 0 Å². The van der Waals surface area contributed by atoms with Crippen LogP contribution in [-0.2, 0) is 4.79 Å². The van der Waals surface area contributed by atoms with Crippen LogP contribution in [0.15, 0.2) is 18.2 Å². The molecule has 0 bridgehead atoms. The van der Waals surface area contributed by atoms with Gasteiger partial charge in [0.2, 0.25) is 5.91 Å². The Bertz CT molecular complexity index is 438. The number of carbonyl (C=O) groups excluding carboxylic acids is 1. The molecule has 5 heteroatoms. The van der Waals surface area contributed by atoms with Crippen LogP contribution < -0.4 is 14.8 Å². The summed E-state index contributed by atoms with van der Waals surface area (Å²) < 4.78 is 10.5. The third-order valence-corrected chi connectivity index (χ3v) is 2.16. The Balaban J connectivity index is 2.65. The van der Waals surface area contributed by atoms with Crippen molar-refractivity contribution in [2.24, 2.45) is 0 Å². The van der Waals surface area contributed by atoms with Gasteiger partial charge in [-0.15, -0.1) is 0 Å². The first-order valence-electron chi connectivity index (χ1n) is 5.12. The molecule has 5 nitrogen and oxygen atoms in total. The van der Waals surface area contributed by atoms with Gasteiger partial charge in [0, 0.05) is 13.1 Å². The van der Waals surface area contributed by atoms with E-state index < -0.39 is 0 Å². The van der Waals surface area contributed by atoms with Gasteiger partial charge in [0.15, 0.2) is 11.5 Å². The largest absolute Gasteiger partial charge is 0.493 e. The first-order valence-corrected chi connectivity index (χ1v) is 5.12. The van der Waals surface area contributed by atoms with Gasteiger partial charge in [0.25, 0.3) is 0 Å². The van der Waals surface area contributed by atoms with Crippen LogP contribution in [-0.4, -0.2) is 26.7 Å². The van der Waals surface area contributed by atoms with E-state index in [9.17, 15) is 4.79 Å². The van der Waals surface area contributed by atoms with Gasteiger partial charge in [-0.1, -0.05) is 0 Å². The molecule has 17 heavy (non-hydrogen) atoms. The number of carbonyl (C=O) groups is 1. The van der Waals surface area contributed by atoms with Gasteiger partial charge >= 0.3 is 0 Å². The fraction of sp³-hybridized carbons (Fsp3) is 0.333. The first kappa shape index (κ1) is 12.8. The minimum Gasteiger partial charge on any atom is -0.493 e. The van der Waals surface area contributed by atoms with Gasteiger partial charge < -0.3 is 14.8 Å². The zero-order chi connectivity index (χ0) is 12.7. The number of nitriles is 1. The molecule has 0 saturated carbocycles. The topological polar surface area (TPSA) is 71.3 Å². The van der Waals surface area contributed by atoms with E-state index in [1.54, 1.807) is 25.2 Å². The van der Waals surface area contributed by atoms with Gasteiger partial charge in [-0.05, 0) is 12.1 Å². The molecule has 0 aliphatic carbocycles. The predicted octanol–water partition coefficient (Wildman–Crippen LogP) is 1.08. The van der Waals surface area contributed by atoms with Crippen molar-refractivity contribution in [1.29, 1.82) is 5.26 Å². The minimum atomic E-state index is -0.0855. The molecule has 1 rings (SSSR count). The molecule has 0 heterocycles. The summed E-state index contributed by atoms with van der Waals surface area (Å²) in [6.45, 7) is 0.266. The van der Waals surface area contributed by atoms with E-state index in [1.807, 2.05) is 6.07 Å². The zero-order valence-electron chi connectivity index (χ0n) is 9.82. The van der Waals surface area contributed by atoms with Crippen molar-refractivity contribution >= 4 is 5.91 Å². The second kappa shape index (κ2) is 6.38. The number of methoxy groups -OCH3 is 1. The number of nitrogens with one attached hydrogen (secondary N) is 1. The van der Waals surface area contributed by atoms with E-state index in [1.165, 1.54) is 7.11 Å². The van der Waals surface area contributed by atoms with E-state index in [0.717, 1.165) is 0 Å². The van der Waals surface area contributed by atoms with E-state index in [2.05, 4.69) is 5.32 Å². The van der Waals surface area contributed by atoms with Crippen molar-refractivity contribution in [2.45, 2.75) is 6.42 Å². The molecule has 0 radical (unpaired) electrons. The zero-order valence-corrected chi connectivity index (χ0v) is 9.82. The summed E-state index contributed by atoms with van der Waals surface area (Å²) >= 11 is 0. The lowest BCUT2D eigenvalue weighted by Gasteiger charge is -2.10. The second-order valence-electron chi connectivity index (χ2n) is 3.25. The molecule has 0 atom stereocenters. The average Bonchev–Trinajstić information content (AvgIpc) is 2.38. The summed E-state index contributed by atoms with van der Waals surface area (Å²) in [5, 5.41) is 11.2. The first-order chi connectivity index (χ1) is 8.21. The highest BCUT2D eigenvalue weighted by molar-refractivity contribution is 5.75. The van der Waals surface area contributed by atoms with E-state index in [-0.39, 0.29) is 18.9 Å². The molecular formula is C12H14N2O3. The molecule has 0 fully saturated rings. The van der Waals surface area contributed by atoms with Crippen LogP contribution >= 0.6 is 0 Å². The maximum Gasteiger partial charge on any atom is 0.223 e. The SMILES string of the molecule is CNC(=O)CCOc1ccc(C#N)cc1OC. The van der Waals surface area contributed by atoms with Crippen LogP contribution in [0.3, 0.4) is 0 Å². The fourth-order valence-corrected chi connectivity index (χ4v) is 1.24. The summed E-state index contributed by atoms with van der Waals surface area (Å²) in [5.41, 5.74) is 0.500. The smallest absolute Gasteiger partial charge is 0.223 e. The quantitative estimate of drug-likeness (QED) is 0.827. The Hall–Kier alpha value is -2.22. The van der Waals surface area contributed by atoms with Crippen molar-refractivity contribution < 1.29 is 14.3 Å². The van der Waals surface area contributed by atoms with Crippen LogP contribution in [0.25, 0.3) is 0 Å². The van der Waals surface area contributed by atoms with Crippen LogP contribution in [0.1, 0.15) is 12.0 Å². The number of benzene rings is 1. The number of hydrogen-bond acceptors (Lipinski definition) is 4. The van der Waals surface area contributed by atoms with Crippen LogP contribution in [0.4, 0.5) is 0 Å². The van der Waals surface area contributed by atoms with E-state index >= 15 is 0 Å². The highest BCUT2D eigenvalue weighted by Crippen LogP contribution is 2.27. The number of hydrogen-bond donors (Lipinski definition) is 1. The molecule has 1 aromatic rings. The van der Waals surface area contributed by atoms with Crippen molar-refractivity contribution in [1.82, 2.24) is 5.32 Å². The highest BCUT2D eigenvalue weighted by atomic mass is 16.5. The number of ether oxygens (including phenoxy) is 2. The molecule has 0 spiro atoms. The summed E-state index contributed by atoms with van der Waals surface area (Å²) in [6, 6.07) is 6.90. The molecule has 1 aromatic carbocycles. The maximum atomic E-state index is 11.0. The summed E-state index contributed by atoms with van der Waals surface area (Å²) in [6.07, 6.45) is 0.277. The Labute approximate surface area is 100.0 Å². The number of nitrogens with zero attached hydrogens (tertiary/aromatic N) is 1. The summed E-state index contributed by atoms with van der Waals surface area (Å²) in [4.78, 5) is 11.0. The Morgan fingerprint density at radius 1 is 1.47 bits per heavy atom. The van der Waals surface area contributed by atoms with E-state index in [4.69, 9.17) is 14.7 Å². The predicted molar refractivity (Wildman–Crippen MR) is 61.9 cm³/mol. The van der Waals surface area contributed by atoms with Gasteiger partial charge in [-0.3, -0.25) is 4.79 Å². The Morgan fingerprint density at radius 2 is 2.24 bits per heavy atom. The minimum absolute atomic E-state index is 0.0855. The highest BCUT2D eigenvalue weighted by Gasteiger charge is 2.06. The lowest BCUT2D eigenvalue weighted by molar-refractivity contribution is -0.121. The van der Waals surface area contributed by atoms with Gasteiger partial charge in [-0.2, -0.15) is 5.26 Å². The summed E-state index contributed by atoms with van der Waals surface area (Å²) in [7, 11) is 3.08. The van der Waals surface area contributed by atoms with Crippen LogP contribution in [0.2, 0.25) is 0 Å². The molecule has 0 aliphatic rings. The Kier molecular flexibility index (Phi) is 4.82. The fourth-order valence-electron chi connectivity index (χ4n) is 1.24. The van der Waals surface area contributed by atoms with Crippen molar-refractivity contribution in [3.63, 3.8) is 0 Å². The molecular weight excluding hydrogens is 220 g/mol. The standard InChI is InChI=1S/C12H14N2O3/c1-14-12(15)5-6-17-10-4-3-9(8-13)7-11(10)16-2/h3-4,7H,5-6H2,1-2H3,(H,14,15). The molecule has 1 amide bonds. The number of amides is 1. The molecule has 0 unspecified atom stereocenters. The van der Waals surface area contributed by atoms with Crippen LogP contribution in [0, 0.1) is 11.3 Å². The van der Waals surface area contributed by atoms with Gasteiger partial charge in [-0.25, -0.2) is 0 Å². The maximum absolute atomic E-state index is 11.0. The third kappa shape index (κ3) is 3.68. The molecule has 0 saturated heterocycles.